The molecule has 1 heterocycles. The lowest BCUT2D eigenvalue weighted by Gasteiger charge is -2.20. The molecule has 2 rings (SSSR count). The van der Waals surface area contributed by atoms with Crippen molar-refractivity contribution in [1.29, 1.82) is 5.26 Å². The number of rotatable bonds is 3. The van der Waals surface area contributed by atoms with Gasteiger partial charge in [-0.1, -0.05) is 33.1 Å². The topological polar surface area (TPSA) is 52.5 Å². The Labute approximate surface area is 103 Å². The van der Waals surface area contributed by atoms with Crippen molar-refractivity contribution >= 4 is 0 Å². The molecule has 1 atom stereocenters. The lowest BCUT2D eigenvalue weighted by atomic mass is 9.87. The van der Waals surface area contributed by atoms with E-state index in [9.17, 15) is 0 Å². The van der Waals surface area contributed by atoms with Crippen molar-refractivity contribution in [3.63, 3.8) is 0 Å². The van der Waals surface area contributed by atoms with Crippen molar-refractivity contribution in [1.82, 2.24) is 9.97 Å². The first-order valence-corrected chi connectivity index (χ1v) is 6.66. The van der Waals surface area contributed by atoms with Crippen LogP contribution in [0, 0.1) is 17.2 Å². The van der Waals surface area contributed by atoms with Gasteiger partial charge in [0.2, 0.25) is 0 Å². The van der Waals surface area contributed by atoms with Crippen LogP contribution in [0.3, 0.4) is 0 Å². The molecule has 0 radical (unpaired) electrons. The minimum absolute atomic E-state index is 0.104. The molecule has 17 heavy (non-hydrogen) atoms. The van der Waals surface area contributed by atoms with E-state index in [1.807, 2.05) is 6.20 Å². The van der Waals surface area contributed by atoms with Crippen LogP contribution < -0.4 is 0 Å². The van der Waals surface area contributed by atoms with Crippen LogP contribution in [0.25, 0.3) is 0 Å². The highest BCUT2D eigenvalue weighted by molar-refractivity contribution is 5.16. The lowest BCUT2D eigenvalue weighted by Crippen LogP contribution is -2.08. The van der Waals surface area contributed by atoms with E-state index in [-0.39, 0.29) is 5.92 Å². The van der Waals surface area contributed by atoms with Crippen molar-refractivity contribution in [2.75, 3.05) is 0 Å². The molecular weight excluding hydrogens is 210 g/mol. The van der Waals surface area contributed by atoms with Crippen molar-refractivity contribution < 1.29 is 0 Å². The molecule has 0 bridgehead atoms. The molecule has 1 aromatic rings. The molecular formula is C14H21N3. The quantitative estimate of drug-likeness (QED) is 0.862. The Hall–Kier alpha value is -1.30. The summed E-state index contributed by atoms with van der Waals surface area (Å²) in [5, 5.41) is 9.16. The van der Waals surface area contributed by atoms with Gasteiger partial charge in [-0.2, -0.15) is 5.26 Å². The Morgan fingerprint density at radius 1 is 1.35 bits per heavy atom. The van der Waals surface area contributed by atoms with E-state index >= 15 is 0 Å². The van der Waals surface area contributed by atoms with E-state index in [1.165, 1.54) is 37.8 Å². The van der Waals surface area contributed by atoms with Gasteiger partial charge in [-0.05, 0) is 18.8 Å². The van der Waals surface area contributed by atoms with Crippen molar-refractivity contribution in [3.8, 4) is 6.07 Å². The second-order valence-corrected chi connectivity index (χ2v) is 5.41. The molecule has 3 heteroatoms. The maximum absolute atomic E-state index is 9.16. The number of nitriles is 1. The zero-order valence-corrected chi connectivity index (χ0v) is 10.7. The highest BCUT2D eigenvalue weighted by atomic mass is 14.9. The Morgan fingerprint density at radius 3 is 2.65 bits per heavy atom. The van der Waals surface area contributed by atoms with E-state index in [0.29, 0.717) is 11.8 Å². The third-order valence-corrected chi connectivity index (χ3v) is 3.76. The summed E-state index contributed by atoms with van der Waals surface area (Å²) >= 11 is 0. The molecule has 1 aliphatic carbocycles. The van der Waals surface area contributed by atoms with Gasteiger partial charge in [-0.3, -0.25) is 0 Å². The van der Waals surface area contributed by atoms with Gasteiger partial charge in [0.15, 0.2) is 0 Å². The Morgan fingerprint density at radius 2 is 2.06 bits per heavy atom. The Balaban J connectivity index is 2.12. The van der Waals surface area contributed by atoms with Crippen LogP contribution in [-0.4, -0.2) is 9.97 Å². The van der Waals surface area contributed by atoms with Gasteiger partial charge < -0.3 is 4.98 Å². The normalized spacial score (nSPS) is 19.2. The third kappa shape index (κ3) is 2.69. The van der Waals surface area contributed by atoms with Crippen LogP contribution in [0.1, 0.15) is 69.3 Å². The summed E-state index contributed by atoms with van der Waals surface area (Å²) in [7, 11) is 0. The first-order chi connectivity index (χ1) is 8.22. The Bertz CT molecular complexity index is 394. The standard InChI is InChI=1S/C14H21N3/c1-10(2)12(8-15)14-16-9-13(17-14)11-6-4-3-5-7-11/h9-12H,3-7H2,1-2H3,(H,16,17). The molecule has 0 aromatic carbocycles. The number of H-pyrrole nitrogens is 1. The highest BCUT2D eigenvalue weighted by Crippen LogP contribution is 2.32. The lowest BCUT2D eigenvalue weighted by molar-refractivity contribution is 0.436. The average molecular weight is 231 g/mol. The molecule has 1 aromatic heterocycles. The summed E-state index contributed by atoms with van der Waals surface area (Å²) in [6.45, 7) is 4.13. The molecule has 1 aliphatic rings. The highest BCUT2D eigenvalue weighted by Gasteiger charge is 2.22. The molecule has 0 amide bonds. The molecule has 0 aliphatic heterocycles. The number of aromatic nitrogens is 2. The minimum Gasteiger partial charge on any atom is -0.345 e. The van der Waals surface area contributed by atoms with Crippen molar-refractivity contribution in [2.45, 2.75) is 57.8 Å². The molecule has 0 saturated heterocycles. The molecule has 1 fully saturated rings. The van der Waals surface area contributed by atoms with Crippen LogP contribution in [0.4, 0.5) is 0 Å². The van der Waals surface area contributed by atoms with Crippen LogP contribution in [0.2, 0.25) is 0 Å². The molecule has 0 spiro atoms. The number of nitrogens with zero attached hydrogens (tertiary/aromatic N) is 2. The summed E-state index contributed by atoms with van der Waals surface area (Å²) in [5.74, 6) is 1.69. The maximum Gasteiger partial charge on any atom is 0.123 e. The van der Waals surface area contributed by atoms with Gasteiger partial charge in [0, 0.05) is 17.8 Å². The summed E-state index contributed by atoms with van der Waals surface area (Å²) in [5.41, 5.74) is 1.24. The van der Waals surface area contributed by atoms with Crippen molar-refractivity contribution in [3.05, 3.63) is 17.7 Å². The smallest absolute Gasteiger partial charge is 0.123 e. The monoisotopic (exact) mass is 231 g/mol. The van der Waals surface area contributed by atoms with E-state index in [2.05, 4.69) is 29.9 Å². The van der Waals surface area contributed by atoms with Crippen LogP contribution in [0.15, 0.2) is 6.20 Å². The van der Waals surface area contributed by atoms with Gasteiger partial charge >= 0.3 is 0 Å². The number of aromatic amines is 1. The minimum atomic E-state index is -0.104. The molecule has 1 N–H and O–H groups in total. The summed E-state index contributed by atoms with van der Waals surface area (Å²) in [6.07, 6.45) is 8.49. The average Bonchev–Trinajstić information content (AvgIpc) is 2.80. The molecule has 3 nitrogen and oxygen atoms in total. The summed E-state index contributed by atoms with van der Waals surface area (Å²) < 4.78 is 0. The van der Waals surface area contributed by atoms with Gasteiger partial charge in [-0.15, -0.1) is 0 Å². The van der Waals surface area contributed by atoms with Gasteiger partial charge in [0.25, 0.3) is 0 Å². The number of nitrogens with one attached hydrogen (secondary N) is 1. The largest absolute Gasteiger partial charge is 0.345 e. The van der Waals surface area contributed by atoms with E-state index < -0.39 is 0 Å². The van der Waals surface area contributed by atoms with E-state index in [0.717, 1.165) is 5.82 Å². The van der Waals surface area contributed by atoms with E-state index in [4.69, 9.17) is 5.26 Å². The zero-order chi connectivity index (χ0) is 12.3. The predicted octanol–water partition coefficient (Wildman–Crippen LogP) is 3.72. The van der Waals surface area contributed by atoms with Crippen LogP contribution >= 0.6 is 0 Å². The van der Waals surface area contributed by atoms with Crippen LogP contribution in [-0.2, 0) is 0 Å². The predicted molar refractivity (Wildman–Crippen MR) is 67.6 cm³/mol. The van der Waals surface area contributed by atoms with Gasteiger partial charge in [0.1, 0.15) is 11.7 Å². The Kier molecular flexibility index (Phi) is 3.83. The number of hydrogen-bond donors (Lipinski definition) is 1. The first-order valence-electron chi connectivity index (χ1n) is 6.66. The zero-order valence-electron chi connectivity index (χ0n) is 10.7. The number of imidazole rings is 1. The summed E-state index contributed by atoms with van der Waals surface area (Å²) in [6, 6.07) is 2.34. The van der Waals surface area contributed by atoms with Gasteiger partial charge in [0.05, 0.1) is 6.07 Å². The molecule has 92 valence electrons. The number of hydrogen-bond acceptors (Lipinski definition) is 2. The summed E-state index contributed by atoms with van der Waals surface area (Å²) in [4.78, 5) is 7.79. The SMILES string of the molecule is CC(C)C(C#N)c1ncc(C2CCCCC2)[nH]1. The fourth-order valence-corrected chi connectivity index (χ4v) is 2.66. The fraction of sp³-hybridized carbons (Fsp3) is 0.714. The molecule has 1 unspecified atom stereocenters. The second-order valence-electron chi connectivity index (χ2n) is 5.41. The van der Waals surface area contributed by atoms with E-state index in [1.54, 1.807) is 0 Å². The van der Waals surface area contributed by atoms with Gasteiger partial charge in [-0.25, -0.2) is 4.98 Å². The molecule has 1 saturated carbocycles. The second kappa shape index (κ2) is 5.35. The maximum atomic E-state index is 9.16. The first kappa shape index (κ1) is 12.2. The third-order valence-electron chi connectivity index (χ3n) is 3.76. The van der Waals surface area contributed by atoms with Crippen LogP contribution in [0.5, 0.6) is 0 Å². The fourth-order valence-electron chi connectivity index (χ4n) is 2.66. The van der Waals surface area contributed by atoms with Crippen molar-refractivity contribution in [2.24, 2.45) is 5.92 Å².